The van der Waals surface area contributed by atoms with Crippen LogP contribution in [0, 0.1) is 0 Å². The Morgan fingerprint density at radius 1 is 0.846 bits per heavy atom. The van der Waals surface area contributed by atoms with Gasteiger partial charge in [-0.15, -0.1) is 0 Å². The SMILES string of the molecule is CC1(B2OC(C)(C)C(C)(C)O2)CC1. The van der Waals surface area contributed by atoms with E-state index < -0.39 is 0 Å². The third kappa shape index (κ3) is 1.33. The molecule has 13 heavy (non-hydrogen) atoms. The van der Waals surface area contributed by atoms with Crippen molar-refractivity contribution in [2.45, 2.75) is 64.0 Å². The predicted molar refractivity (Wildman–Crippen MR) is 53.7 cm³/mol. The summed E-state index contributed by atoms with van der Waals surface area (Å²) in [5.74, 6) is 0. The molecule has 0 N–H and O–H groups in total. The van der Waals surface area contributed by atoms with E-state index in [2.05, 4.69) is 34.6 Å². The first kappa shape index (κ1) is 9.54. The molecule has 1 aliphatic heterocycles. The molecule has 0 unspecified atom stereocenters. The molecule has 0 atom stereocenters. The second kappa shape index (κ2) is 2.32. The van der Waals surface area contributed by atoms with E-state index in [0.717, 1.165) is 0 Å². The van der Waals surface area contributed by atoms with Crippen molar-refractivity contribution in [2.24, 2.45) is 0 Å². The minimum absolute atomic E-state index is 0.0116. The summed E-state index contributed by atoms with van der Waals surface area (Å²) in [5.41, 5.74) is -0.327. The van der Waals surface area contributed by atoms with Gasteiger partial charge < -0.3 is 9.31 Å². The summed E-state index contributed by atoms with van der Waals surface area (Å²) in [6.45, 7) is 10.7. The number of hydrogen-bond acceptors (Lipinski definition) is 2. The van der Waals surface area contributed by atoms with Gasteiger partial charge in [0.1, 0.15) is 0 Å². The highest BCUT2D eigenvalue weighted by atomic mass is 16.7. The molecule has 0 bridgehead atoms. The van der Waals surface area contributed by atoms with Crippen molar-refractivity contribution in [3.8, 4) is 0 Å². The topological polar surface area (TPSA) is 18.5 Å². The fraction of sp³-hybridized carbons (Fsp3) is 1.00. The lowest BCUT2D eigenvalue weighted by Crippen LogP contribution is -2.41. The van der Waals surface area contributed by atoms with E-state index in [1.807, 2.05) is 0 Å². The lowest BCUT2D eigenvalue weighted by molar-refractivity contribution is 0.00578. The molecular formula is C10H19BO2. The van der Waals surface area contributed by atoms with Gasteiger partial charge in [0.25, 0.3) is 0 Å². The van der Waals surface area contributed by atoms with Crippen LogP contribution in [0.3, 0.4) is 0 Å². The summed E-state index contributed by atoms with van der Waals surface area (Å²) in [7, 11) is 0.0116. The highest BCUT2D eigenvalue weighted by molar-refractivity contribution is 6.50. The van der Waals surface area contributed by atoms with Crippen LogP contribution >= 0.6 is 0 Å². The number of rotatable bonds is 1. The average Bonchev–Trinajstić information content (AvgIpc) is 2.61. The third-order valence-corrected chi connectivity index (χ3v) is 3.86. The van der Waals surface area contributed by atoms with Crippen LogP contribution in [0.2, 0.25) is 5.31 Å². The molecule has 74 valence electrons. The largest absolute Gasteiger partial charge is 0.464 e. The van der Waals surface area contributed by atoms with Crippen LogP contribution in [0.1, 0.15) is 47.5 Å². The van der Waals surface area contributed by atoms with Crippen LogP contribution in [0.5, 0.6) is 0 Å². The van der Waals surface area contributed by atoms with E-state index in [4.69, 9.17) is 9.31 Å². The maximum absolute atomic E-state index is 5.97. The van der Waals surface area contributed by atoms with E-state index in [-0.39, 0.29) is 18.3 Å². The molecule has 1 saturated heterocycles. The summed E-state index contributed by atoms with van der Waals surface area (Å²) in [4.78, 5) is 0. The zero-order chi connectivity index (χ0) is 9.91. The quantitative estimate of drug-likeness (QED) is 0.580. The van der Waals surface area contributed by atoms with Crippen molar-refractivity contribution in [1.82, 2.24) is 0 Å². The Hall–Kier alpha value is -0.0151. The Morgan fingerprint density at radius 3 is 1.54 bits per heavy atom. The Labute approximate surface area is 81.1 Å². The van der Waals surface area contributed by atoms with Crippen LogP contribution < -0.4 is 0 Å². The van der Waals surface area contributed by atoms with Gasteiger partial charge in [-0.1, -0.05) is 6.92 Å². The molecule has 3 heteroatoms. The smallest absolute Gasteiger partial charge is 0.403 e. The van der Waals surface area contributed by atoms with Crippen LogP contribution in [-0.2, 0) is 9.31 Å². The lowest BCUT2D eigenvalue weighted by atomic mass is 9.69. The fourth-order valence-electron chi connectivity index (χ4n) is 1.56. The fourth-order valence-corrected chi connectivity index (χ4v) is 1.56. The van der Waals surface area contributed by atoms with Crippen LogP contribution in [0.25, 0.3) is 0 Å². The first-order chi connectivity index (χ1) is 5.77. The molecule has 2 nitrogen and oxygen atoms in total. The van der Waals surface area contributed by atoms with Gasteiger partial charge in [0.2, 0.25) is 0 Å². The molecule has 0 aromatic heterocycles. The van der Waals surface area contributed by atoms with E-state index in [1.54, 1.807) is 0 Å². The zero-order valence-electron chi connectivity index (χ0n) is 9.31. The molecule has 0 radical (unpaired) electrons. The van der Waals surface area contributed by atoms with Gasteiger partial charge in [0, 0.05) is 5.31 Å². The van der Waals surface area contributed by atoms with Crippen molar-refractivity contribution in [2.75, 3.05) is 0 Å². The second-order valence-corrected chi connectivity index (χ2v) is 5.74. The molecule has 0 aromatic carbocycles. The van der Waals surface area contributed by atoms with Gasteiger partial charge in [-0.25, -0.2) is 0 Å². The van der Waals surface area contributed by atoms with Crippen LogP contribution in [-0.4, -0.2) is 18.3 Å². The highest BCUT2D eigenvalue weighted by Crippen LogP contribution is 2.59. The minimum Gasteiger partial charge on any atom is -0.403 e. The van der Waals surface area contributed by atoms with E-state index >= 15 is 0 Å². The molecule has 0 spiro atoms. The normalized spacial score (nSPS) is 33.5. The van der Waals surface area contributed by atoms with E-state index in [1.165, 1.54) is 12.8 Å². The molecule has 0 amide bonds. The van der Waals surface area contributed by atoms with Gasteiger partial charge >= 0.3 is 7.12 Å². The van der Waals surface area contributed by atoms with E-state index in [0.29, 0.717) is 5.31 Å². The van der Waals surface area contributed by atoms with Gasteiger partial charge in [-0.05, 0) is 40.5 Å². The predicted octanol–water partition coefficient (Wildman–Crippen LogP) is 2.63. The van der Waals surface area contributed by atoms with E-state index in [9.17, 15) is 0 Å². The van der Waals surface area contributed by atoms with Crippen LogP contribution in [0.15, 0.2) is 0 Å². The summed E-state index contributed by atoms with van der Waals surface area (Å²) in [6, 6.07) is 0. The summed E-state index contributed by atoms with van der Waals surface area (Å²) >= 11 is 0. The maximum atomic E-state index is 5.97. The number of hydrogen-bond donors (Lipinski definition) is 0. The lowest BCUT2D eigenvalue weighted by Gasteiger charge is -2.32. The molecule has 2 aliphatic rings. The molecule has 1 saturated carbocycles. The first-order valence-corrected chi connectivity index (χ1v) is 5.13. The standard InChI is InChI=1S/C10H19BO2/c1-8(2)9(3,4)13-11(12-8)10(5)6-7-10/h6-7H2,1-5H3. The second-order valence-electron chi connectivity index (χ2n) is 5.74. The average molecular weight is 182 g/mol. The molecule has 0 aromatic rings. The zero-order valence-corrected chi connectivity index (χ0v) is 9.31. The minimum atomic E-state index is -0.163. The Morgan fingerprint density at radius 2 is 1.23 bits per heavy atom. The van der Waals surface area contributed by atoms with Crippen LogP contribution in [0.4, 0.5) is 0 Å². The Balaban J connectivity index is 2.15. The molecule has 1 heterocycles. The van der Waals surface area contributed by atoms with Crippen molar-refractivity contribution in [3.63, 3.8) is 0 Å². The Bertz CT molecular complexity index is 215. The van der Waals surface area contributed by atoms with Crippen molar-refractivity contribution in [3.05, 3.63) is 0 Å². The van der Waals surface area contributed by atoms with Crippen molar-refractivity contribution in [1.29, 1.82) is 0 Å². The van der Waals surface area contributed by atoms with Gasteiger partial charge in [-0.3, -0.25) is 0 Å². The molecular weight excluding hydrogens is 163 g/mol. The monoisotopic (exact) mass is 182 g/mol. The van der Waals surface area contributed by atoms with Crippen molar-refractivity contribution < 1.29 is 9.31 Å². The van der Waals surface area contributed by atoms with Crippen molar-refractivity contribution >= 4 is 7.12 Å². The van der Waals surface area contributed by atoms with Gasteiger partial charge in [0.05, 0.1) is 11.2 Å². The molecule has 2 fully saturated rings. The first-order valence-electron chi connectivity index (χ1n) is 5.13. The van der Waals surface area contributed by atoms with Gasteiger partial charge in [0.15, 0.2) is 0 Å². The maximum Gasteiger partial charge on any atom is 0.464 e. The third-order valence-electron chi connectivity index (χ3n) is 3.86. The Kier molecular flexibility index (Phi) is 1.70. The van der Waals surface area contributed by atoms with Gasteiger partial charge in [-0.2, -0.15) is 0 Å². The summed E-state index contributed by atoms with van der Waals surface area (Å²) in [5, 5.41) is 0.297. The molecule has 1 aliphatic carbocycles. The summed E-state index contributed by atoms with van der Waals surface area (Å²) in [6.07, 6.45) is 2.48. The summed E-state index contributed by atoms with van der Waals surface area (Å²) < 4.78 is 11.9. The molecule has 2 rings (SSSR count). The highest BCUT2D eigenvalue weighted by Gasteiger charge is 2.61.